The van der Waals surface area contributed by atoms with Gasteiger partial charge in [0.2, 0.25) is 5.91 Å². The molecule has 1 N–H and O–H groups in total. The molecule has 1 aliphatic rings. The van der Waals surface area contributed by atoms with Gasteiger partial charge in [-0.15, -0.1) is 0 Å². The SMILES string of the molecule is COCCNC(=O)C1(c2cccc(Cl)c2)CCCCC1. The minimum atomic E-state index is -0.420. The predicted octanol–water partition coefficient (Wildman–Crippen LogP) is 3.30. The molecule has 4 heteroatoms. The molecule has 0 spiro atoms. The van der Waals surface area contributed by atoms with E-state index in [1.807, 2.05) is 24.3 Å². The number of nitrogens with one attached hydrogen (secondary N) is 1. The van der Waals surface area contributed by atoms with E-state index in [2.05, 4.69) is 5.32 Å². The first-order chi connectivity index (χ1) is 9.69. The number of rotatable bonds is 5. The lowest BCUT2D eigenvalue weighted by Gasteiger charge is -2.36. The maximum absolute atomic E-state index is 12.7. The summed E-state index contributed by atoms with van der Waals surface area (Å²) >= 11 is 6.11. The van der Waals surface area contributed by atoms with Gasteiger partial charge in [-0.25, -0.2) is 0 Å². The molecule has 2 rings (SSSR count). The molecule has 0 aromatic heterocycles. The normalized spacial score (nSPS) is 17.7. The van der Waals surface area contributed by atoms with Gasteiger partial charge in [-0.05, 0) is 30.5 Å². The Morgan fingerprint density at radius 2 is 2.10 bits per heavy atom. The van der Waals surface area contributed by atoms with Crippen molar-refractivity contribution in [1.82, 2.24) is 5.32 Å². The van der Waals surface area contributed by atoms with E-state index in [0.717, 1.165) is 31.2 Å². The van der Waals surface area contributed by atoms with Crippen LogP contribution in [0.25, 0.3) is 0 Å². The fraction of sp³-hybridized carbons (Fsp3) is 0.562. The average Bonchev–Trinajstić information content (AvgIpc) is 2.48. The van der Waals surface area contributed by atoms with Gasteiger partial charge in [0, 0.05) is 18.7 Å². The molecule has 1 aromatic rings. The summed E-state index contributed by atoms with van der Waals surface area (Å²) in [6, 6.07) is 7.73. The van der Waals surface area contributed by atoms with Crippen molar-refractivity contribution in [2.45, 2.75) is 37.5 Å². The van der Waals surface area contributed by atoms with Crippen molar-refractivity contribution in [2.24, 2.45) is 0 Å². The van der Waals surface area contributed by atoms with Crippen molar-refractivity contribution >= 4 is 17.5 Å². The Balaban J connectivity index is 2.23. The molecule has 20 heavy (non-hydrogen) atoms. The van der Waals surface area contributed by atoms with E-state index in [0.29, 0.717) is 18.2 Å². The largest absolute Gasteiger partial charge is 0.383 e. The number of carbonyl (C=O) groups excluding carboxylic acids is 1. The summed E-state index contributed by atoms with van der Waals surface area (Å²) in [7, 11) is 1.64. The molecule has 1 amide bonds. The van der Waals surface area contributed by atoms with Gasteiger partial charge in [-0.3, -0.25) is 4.79 Å². The number of benzene rings is 1. The standard InChI is InChI=1S/C16H22ClNO2/c1-20-11-10-18-15(19)16(8-3-2-4-9-16)13-6-5-7-14(17)12-13/h5-7,12H,2-4,8-11H2,1H3,(H,18,19). The zero-order valence-electron chi connectivity index (χ0n) is 12.0. The zero-order chi connectivity index (χ0) is 14.4. The molecule has 1 saturated carbocycles. The molecule has 110 valence electrons. The van der Waals surface area contributed by atoms with Gasteiger partial charge in [0.25, 0.3) is 0 Å². The number of carbonyl (C=O) groups is 1. The number of amides is 1. The molecule has 0 saturated heterocycles. The van der Waals surface area contributed by atoms with Gasteiger partial charge in [0.15, 0.2) is 0 Å². The van der Waals surface area contributed by atoms with Crippen LogP contribution in [0.2, 0.25) is 5.02 Å². The molecule has 0 aliphatic heterocycles. The maximum atomic E-state index is 12.7. The van der Waals surface area contributed by atoms with Gasteiger partial charge < -0.3 is 10.1 Å². The summed E-state index contributed by atoms with van der Waals surface area (Å²) < 4.78 is 5.00. The Hall–Kier alpha value is -1.06. The second-order valence-electron chi connectivity index (χ2n) is 5.40. The van der Waals surface area contributed by atoms with Crippen LogP contribution in [0.4, 0.5) is 0 Å². The van der Waals surface area contributed by atoms with Gasteiger partial charge in [-0.1, -0.05) is 43.0 Å². The molecular formula is C16H22ClNO2. The molecule has 1 fully saturated rings. The van der Waals surface area contributed by atoms with Crippen LogP contribution in [0.1, 0.15) is 37.7 Å². The Labute approximate surface area is 125 Å². The fourth-order valence-electron chi connectivity index (χ4n) is 3.02. The summed E-state index contributed by atoms with van der Waals surface area (Å²) in [6.07, 6.45) is 5.17. The van der Waals surface area contributed by atoms with Crippen molar-refractivity contribution in [2.75, 3.05) is 20.3 Å². The molecule has 0 radical (unpaired) electrons. The smallest absolute Gasteiger partial charge is 0.230 e. The molecule has 0 heterocycles. The third kappa shape index (κ3) is 3.33. The quantitative estimate of drug-likeness (QED) is 0.847. The van der Waals surface area contributed by atoms with Crippen molar-refractivity contribution in [1.29, 1.82) is 0 Å². The Kier molecular flexibility index (Phi) is 5.44. The van der Waals surface area contributed by atoms with E-state index in [4.69, 9.17) is 16.3 Å². The first-order valence-electron chi connectivity index (χ1n) is 7.22. The highest BCUT2D eigenvalue weighted by Gasteiger charge is 2.40. The van der Waals surface area contributed by atoms with Gasteiger partial charge in [-0.2, -0.15) is 0 Å². The predicted molar refractivity (Wildman–Crippen MR) is 81.1 cm³/mol. The summed E-state index contributed by atoms with van der Waals surface area (Å²) in [5.41, 5.74) is 0.622. The Morgan fingerprint density at radius 1 is 1.35 bits per heavy atom. The first-order valence-corrected chi connectivity index (χ1v) is 7.60. The summed E-state index contributed by atoms with van der Waals surface area (Å²) in [5.74, 6) is 0.108. The van der Waals surface area contributed by atoms with Crippen LogP contribution in [-0.2, 0) is 14.9 Å². The topological polar surface area (TPSA) is 38.3 Å². The minimum Gasteiger partial charge on any atom is -0.383 e. The van der Waals surface area contributed by atoms with Gasteiger partial charge in [0.1, 0.15) is 0 Å². The molecule has 0 unspecified atom stereocenters. The molecular weight excluding hydrogens is 274 g/mol. The molecule has 1 aromatic carbocycles. The summed E-state index contributed by atoms with van der Waals surface area (Å²) in [4.78, 5) is 12.7. The number of hydrogen-bond acceptors (Lipinski definition) is 2. The van der Waals surface area contributed by atoms with Crippen LogP contribution in [0, 0.1) is 0 Å². The zero-order valence-corrected chi connectivity index (χ0v) is 12.7. The van der Waals surface area contributed by atoms with E-state index >= 15 is 0 Å². The second kappa shape index (κ2) is 7.09. The minimum absolute atomic E-state index is 0.108. The highest BCUT2D eigenvalue weighted by Crippen LogP contribution is 2.40. The highest BCUT2D eigenvalue weighted by molar-refractivity contribution is 6.30. The first kappa shape index (κ1) is 15.3. The lowest BCUT2D eigenvalue weighted by molar-refractivity contribution is -0.128. The molecule has 3 nitrogen and oxygen atoms in total. The second-order valence-corrected chi connectivity index (χ2v) is 5.84. The summed E-state index contributed by atoms with van der Waals surface area (Å²) in [5, 5.41) is 3.70. The van der Waals surface area contributed by atoms with Crippen LogP contribution >= 0.6 is 11.6 Å². The molecule has 0 bridgehead atoms. The third-order valence-electron chi connectivity index (χ3n) is 4.11. The van der Waals surface area contributed by atoms with Crippen molar-refractivity contribution in [3.8, 4) is 0 Å². The van der Waals surface area contributed by atoms with Crippen LogP contribution in [0.15, 0.2) is 24.3 Å². The van der Waals surface area contributed by atoms with E-state index < -0.39 is 5.41 Å². The number of methoxy groups -OCH3 is 1. The van der Waals surface area contributed by atoms with Crippen LogP contribution in [0.5, 0.6) is 0 Å². The highest BCUT2D eigenvalue weighted by atomic mass is 35.5. The van der Waals surface area contributed by atoms with E-state index in [1.165, 1.54) is 6.42 Å². The lowest BCUT2D eigenvalue weighted by Crippen LogP contribution is -2.46. The third-order valence-corrected chi connectivity index (χ3v) is 4.35. The van der Waals surface area contributed by atoms with Crippen LogP contribution in [0.3, 0.4) is 0 Å². The van der Waals surface area contributed by atoms with E-state index in [-0.39, 0.29) is 5.91 Å². The fourth-order valence-corrected chi connectivity index (χ4v) is 3.21. The Morgan fingerprint density at radius 3 is 2.75 bits per heavy atom. The Bertz CT molecular complexity index is 456. The van der Waals surface area contributed by atoms with Crippen LogP contribution < -0.4 is 5.32 Å². The van der Waals surface area contributed by atoms with E-state index in [9.17, 15) is 4.79 Å². The molecule has 1 aliphatic carbocycles. The number of ether oxygens (including phenoxy) is 1. The monoisotopic (exact) mass is 295 g/mol. The lowest BCUT2D eigenvalue weighted by atomic mass is 9.68. The number of halogens is 1. The van der Waals surface area contributed by atoms with Crippen molar-refractivity contribution < 1.29 is 9.53 Å². The van der Waals surface area contributed by atoms with E-state index in [1.54, 1.807) is 7.11 Å². The van der Waals surface area contributed by atoms with Crippen LogP contribution in [-0.4, -0.2) is 26.2 Å². The van der Waals surface area contributed by atoms with Crippen molar-refractivity contribution in [3.63, 3.8) is 0 Å². The maximum Gasteiger partial charge on any atom is 0.230 e. The summed E-state index contributed by atoms with van der Waals surface area (Å²) in [6.45, 7) is 1.09. The number of hydrogen-bond donors (Lipinski definition) is 1. The average molecular weight is 296 g/mol. The van der Waals surface area contributed by atoms with Gasteiger partial charge >= 0.3 is 0 Å². The van der Waals surface area contributed by atoms with Crippen molar-refractivity contribution in [3.05, 3.63) is 34.9 Å². The van der Waals surface area contributed by atoms with Gasteiger partial charge in [0.05, 0.1) is 12.0 Å². The molecule has 0 atom stereocenters.